The fourth-order valence-electron chi connectivity index (χ4n) is 1.34. The zero-order chi connectivity index (χ0) is 13.1. The minimum absolute atomic E-state index is 0.233. The van der Waals surface area contributed by atoms with E-state index in [2.05, 4.69) is 9.97 Å². The maximum Gasteiger partial charge on any atom is 0.248 e. The molecule has 2 aromatic rings. The van der Waals surface area contributed by atoms with Crippen molar-refractivity contribution in [3.05, 3.63) is 46.9 Å². The second-order valence-electron chi connectivity index (χ2n) is 3.62. The third kappa shape index (κ3) is 2.57. The molecule has 18 heavy (non-hydrogen) atoms. The number of nitrogens with two attached hydrogens (primary N) is 1. The zero-order valence-corrected chi connectivity index (χ0v) is 10.3. The first kappa shape index (κ1) is 12.3. The number of halogens is 1. The van der Waals surface area contributed by atoms with Gasteiger partial charge in [0.2, 0.25) is 11.8 Å². The molecule has 0 bridgehead atoms. The molecule has 1 aromatic heterocycles. The lowest BCUT2D eigenvalue weighted by Gasteiger charge is -2.09. The van der Waals surface area contributed by atoms with Crippen molar-refractivity contribution in [3.8, 4) is 11.6 Å². The van der Waals surface area contributed by atoms with Crippen molar-refractivity contribution in [3.63, 3.8) is 0 Å². The molecule has 92 valence electrons. The van der Waals surface area contributed by atoms with Crippen LogP contribution in [0, 0.1) is 6.92 Å². The summed E-state index contributed by atoms with van der Waals surface area (Å²) >= 11 is 5.89. The summed E-state index contributed by atoms with van der Waals surface area (Å²) in [7, 11) is 0. The number of aromatic nitrogens is 2. The molecule has 2 N–H and O–H groups in total. The number of rotatable bonds is 3. The summed E-state index contributed by atoms with van der Waals surface area (Å²) in [5, 5.41) is 0.293. The lowest BCUT2D eigenvalue weighted by Crippen LogP contribution is -2.11. The Bertz CT molecular complexity index is 602. The summed E-state index contributed by atoms with van der Waals surface area (Å²) in [6.45, 7) is 1.84. The van der Waals surface area contributed by atoms with Crippen LogP contribution in [0.2, 0.25) is 5.02 Å². The van der Waals surface area contributed by atoms with Gasteiger partial charge >= 0.3 is 0 Å². The number of nitrogens with zero attached hydrogens (tertiary/aromatic N) is 2. The molecule has 0 atom stereocenters. The SMILES string of the molecule is Cc1ccc(C(N)=O)cc1Oc1ncncc1Cl. The van der Waals surface area contributed by atoms with E-state index in [0.29, 0.717) is 16.3 Å². The molecule has 1 heterocycles. The van der Waals surface area contributed by atoms with Crippen LogP contribution >= 0.6 is 11.6 Å². The number of aryl methyl sites for hydroxylation is 1. The second-order valence-corrected chi connectivity index (χ2v) is 4.03. The molecule has 1 amide bonds. The fourth-order valence-corrected chi connectivity index (χ4v) is 1.49. The van der Waals surface area contributed by atoms with Crippen LogP contribution < -0.4 is 10.5 Å². The van der Waals surface area contributed by atoms with Gasteiger partial charge in [-0.25, -0.2) is 9.97 Å². The summed E-state index contributed by atoms with van der Waals surface area (Å²) in [5.41, 5.74) is 6.41. The van der Waals surface area contributed by atoms with Crippen LogP contribution in [0.25, 0.3) is 0 Å². The van der Waals surface area contributed by atoms with Gasteiger partial charge in [0.05, 0.1) is 6.20 Å². The second kappa shape index (κ2) is 5.01. The van der Waals surface area contributed by atoms with E-state index in [1.807, 2.05) is 6.92 Å². The third-order valence-electron chi connectivity index (χ3n) is 2.31. The van der Waals surface area contributed by atoms with Crippen molar-refractivity contribution in [2.24, 2.45) is 5.73 Å². The van der Waals surface area contributed by atoms with Gasteiger partial charge in [-0.1, -0.05) is 17.7 Å². The molecule has 0 saturated heterocycles. The predicted molar refractivity (Wildman–Crippen MR) is 66.8 cm³/mol. The van der Waals surface area contributed by atoms with Gasteiger partial charge in [0.15, 0.2) is 0 Å². The highest BCUT2D eigenvalue weighted by Gasteiger charge is 2.09. The Morgan fingerprint density at radius 2 is 2.22 bits per heavy atom. The summed E-state index contributed by atoms with van der Waals surface area (Å²) in [4.78, 5) is 18.8. The Morgan fingerprint density at radius 1 is 1.44 bits per heavy atom. The smallest absolute Gasteiger partial charge is 0.248 e. The zero-order valence-electron chi connectivity index (χ0n) is 9.55. The van der Waals surface area contributed by atoms with E-state index in [1.165, 1.54) is 12.5 Å². The van der Waals surface area contributed by atoms with Gasteiger partial charge in [0.25, 0.3) is 0 Å². The van der Waals surface area contributed by atoms with Crippen LogP contribution in [0.1, 0.15) is 15.9 Å². The fraction of sp³-hybridized carbons (Fsp3) is 0.0833. The maximum atomic E-state index is 11.1. The number of amides is 1. The van der Waals surface area contributed by atoms with E-state index in [9.17, 15) is 4.79 Å². The van der Waals surface area contributed by atoms with Gasteiger partial charge in [-0.05, 0) is 24.6 Å². The van der Waals surface area contributed by atoms with Gasteiger partial charge in [0.1, 0.15) is 17.1 Å². The highest BCUT2D eigenvalue weighted by atomic mass is 35.5. The van der Waals surface area contributed by atoms with Crippen LogP contribution in [0.4, 0.5) is 0 Å². The Morgan fingerprint density at radius 3 is 2.89 bits per heavy atom. The van der Waals surface area contributed by atoms with Gasteiger partial charge in [-0.15, -0.1) is 0 Å². The number of hydrogen-bond acceptors (Lipinski definition) is 4. The third-order valence-corrected chi connectivity index (χ3v) is 2.57. The lowest BCUT2D eigenvalue weighted by molar-refractivity contribution is 0.1000. The highest BCUT2D eigenvalue weighted by molar-refractivity contribution is 6.31. The van der Waals surface area contributed by atoms with E-state index < -0.39 is 5.91 Å². The molecular weight excluding hydrogens is 254 g/mol. The number of hydrogen-bond donors (Lipinski definition) is 1. The summed E-state index contributed by atoms with van der Waals surface area (Å²) in [5.74, 6) is 0.192. The number of carbonyl (C=O) groups is 1. The number of ether oxygens (including phenoxy) is 1. The molecule has 1 aromatic carbocycles. The Labute approximate surface area is 109 Å². The number of benzene rings is 1. The van der Waals surface area contributed by atoms with Crippen molar-refractivity contribution < 1.29 is 9.53 Å². The van der Waals surface area contributed by atoms with Crippen LogP contribution in [0.5, 0.6) is 11.6 Å². The minimum Gasteiger partial charge on any atom is -0.437 e. The monoisotopic (exact) mass is 263 g/mol. The van der Waals surface area contributed by atoms with Crippen molar-refractivity contribution in [1.82, 2.24) is 9.97 Å². The molecule has 2 rings (SSSR count). The van der Waals surface area contributed by atoms with E-state index in [1.54, 1.807) is 18.2 Å². The number of carbonyl (C=O) groups excluding carboxylic acids is 1. The van der Waals surface area contributed by atoms with E-state index in [-0.39, 0.29) is 5.88 Å². The van der Waals surface area contributed by atoms with E-state index >= 15 is 0 Å². The molecule has 0 aliphatic carbocycles. The largest absolute Gasteiger partial charge is 0.437 e. The molecule has 6 heteroatoms. The molecule has 0 radical (unpaired) electrons. The van der Waals surface area contributed by atoms with Gasteiger partial charge < -0.3 is 10.5 Å². The van der Waals surface area contributed by atoms with Gasteiger partial charge in [-0.2, -0.15) is 0 Å². The minimum atomic E-state index is -0.520. The average molecular weight is 264 g/mol. The van der Waals surface area contributed by atoms with Crippen LogP contribution in [-0.2, 0) is 0 Å². The molecule has 0 spiro atoms. The molecular formula is C12H10ClN3O2. The van der Waals surface area contributed by atoms with Crippen molar-refractivity contribution in [2.45, 2.75) is 6.92 Å². The van der Waals surface area contributed by atoms with E-state index in [0.717, 1.165) is 5.56 Å². The van der Waals surface area contributed by atoms with Crippen molar-refractivity contribution in [1.29, 1.82) is 0 Å². The summed E-state index contributed by atoms with van der Waals surface area (Å²) < 4.78 is 5.54. The summed E-state index contributed by atoms with van der Waals surface area (Å²) in [6, 6.07) is 4.92. The molecule has 0 unspecified atom stereocenters. The molecule has 5 nitrogen and oxygen atoms in total. The van der Waals surface area contributed by atoms with Crippen LogP contribution in [0.3, 0.4) is 0 Å². The first-order valence-electron chi connectivity index (χ1n) is 5.11. The van der Waals surface area contributed by atoms with Crippen molar-refractivity contribution >= 4 is 17.5 Å². The Kier molecular flexibility index (Phi) is 3.43. The molecule has 0 aliphatic rings. The quantitative estimate of drug-likeness (QED) is 0.922. The van der Waals surface area contributed by atoms with Crippen LogP contribution in [0.15, 0.2) is 30.7 Å². The molecule has 0 saturated carbocycles. The van der Waals surface area contributed by atoms with Crippen molar-refractivity contribution in [2.75, 3.05) is 0 Å². The van der Waals surface area contributed by atoms with Gasteiger partial charge in [0, 0.05) is 5.56 Å². The number of primary amides is 1. The Hall–Kier alpha value is -2.14. The van der Waals surface area contributed by atoms with Crippen LogP contribution in [-0.4, -0.2) is 15.9 Å². The first-order chi connectivity index (χ1) is 8.58. The summed E-state index contributed by atoms with van der Waals surface area (Å²) in [6.07, 6.45) is 2.76. The average Bonchev–Trinajstić information content (AvgIpc) is 2.34. The van der Waals surface area contributed by atoms with Gasteiger partial charge in [-0.3, -0.25) is 4.79 Å². The van der Waals surface area contributed by atoms with E-state index in [4.69, 9.17) is 22.1 Å². The standard InChI is InChI=1S/C12H10ClN3O2/c1-7-2-3-8(11(14)17)4-10(7)18-12-9(13)5-15-6-16-12/h2-6H,1H3,(H2,14,17). The molecule has 0 aliphatic heterocycles. The lowest BCUT2D eigenvalue weighted by atomic mass is 10.1. The Balaban J connectivity index is 2.37. The highest BCUT2D eigenvalue weighted by Crippen LogP contribution is 2.28. The predicted octanol–water partition coefficient (Wildman–Crippen LogP) is 2.33. The maximum absolute atomic E-state index is 11.1. The molecule has 0 fully saturated rings. The normalized spacial score (nSPS) is 10.1. The first-order valence-corrected chi connectivity index (χ1v) is 5.49. The topological polar surface area (TPSA) is 78.1 Å².